The summed E-state index contributed by atoms with van der Waals surface area (Å²) in [6, 6.07) is 6.96. The fraction of sp³-hybridized carbons (Fsp3) is 0.600. The molecule has 0 radical (unpaired) electrons. The molecule has 0 amide bonds. The van der Waals surface area contributed by atoms with Crippen molar-refractivity contribution in [3.63, 3.8) is 0 Å². The Morgan fingerprint density at radius 3 is 2.94 bits per heavy atom. The molecule has 0 bridgehead atoms. The van der Waals surface area contributed by atoms with Crippen LogP contribution in [0, 0.1) is 5.92 Å². The van der Waals surface area contributed by atoms with Gasteiger partial charge in [-0.05, 0) is 42.2 Å². The quantitative estimate of drug-likeness (QED) is 0.794. The molecule has 1 atom stereocenters. The highest BCUT2D eigenvalue weighted by Crippen LogP contribution is 2.50. The Bertz CT molecular complexity index is 437. The number of nitrogens with one attached hydrogen (secondary N) is 1. The van der Waals surface area contributed by atoms with Crippen molar-refractivity contribution in [3.05, 3.63) is 29.3 Å². The zero-order valence-corrected chi connectivity index (χ0v) is 10.3. The van der Waals surface area contributed by atoms with Gasteiger partial charge in [-0.2, -0.15) is 0 Å². The van der Waals surface area contributed by atoms with Crippen molar-refractivity contribution in [2.75, 3.05) is 24.5 Å². The van der Waals surface area contributed by atoms with Crippen LogP contribution < -0.4 is 10.2 Å². The minimum Gasteiger partial charge on any atom is -0.370 e. The molecule has 3 aliphatic rings. The Balaban J connectivity index is 1.83. The van der Waals surface area contributed by atoms with E-state index in [4.69, 9.17) is 0 Å². The van der Waals surface area contributed by atoms with Crippen LogP contribution >= 0.6 is 0 Å². The summed E-state index contributed by atoms with van der Waals surface area (Å²) in [5, 5.41) is 3.54. The number of hydrogen-bond donors (Lipinski definition) is 1. The van der Waals surface area contributed by atoms with E-state index in [0.29, 0.717) is 0 Å². The van der Waals surface area contributed by atoms with E-state index in [1.54, 1.807) is 11.3 Å². The predicted molar refractivity (Wildman–Crippen MR) is 70.4 cm³/mol. The Morgan fingerprint density at radius 2 is 2.06 bits per heavy atom. The van der Waals surface area contributed by atoms with E-state index in [9.17, 15) is 0 Å². The van der Waals surface area contributed by atoms with Crippen LogP contribution in [-0.2, 0) is 6.54 Å². The summed E-state index contributed by atoms with van der Waals surface area (Å²) in [5.41, 5.74) is 4.76. The van der Waals surface area contributed by atoms with Crippen LogP contribution in [0.15, 0.2) is 18.2 Å². The molecule has 4 rings (SSSR count). The molecule has 1 aliphatic carbocycles. The van der Waals surface area contributed by atoms with Crippen LogP contribution in [0.4, 0.5) is 5.69 Å². The summed E-state index contributed by atoms with van der Waals surface area (Å²) in [7, 11) is 0. The molecule has 1 fully saturated rings. The second kappa shape index (κ2) is 3.74. The highest BCUT2D eigenvalue weighted by molar-refractivity contribution is 5.63. The molecule has 0 spiro atoms. The zero-order valence-electron chi connectivity index (χ0n) is 10.3. The lowest BCUT2D eigenvalue weighted by atomic mass is 9.85. The first-order valence-corrected chi connectivity index (χ1v) is 7.01. The maximum atomic E-state index is 3.54. The highest BCUT2D eigenvalue weighted by atomic mass is 15.2. The molecule has 1 N–H and O–H groups in total. The van der Waals surface area contributed by atoms with Gasteiger partial charge in [0.15, 0.2) is 0 Å². The van der Waals surface area contributed by atoms with Crippen molar-refractivity contribution in [2.45, 2.75) is 31.7 Å². The number of anilines is 1. The molecule has 17 heavy (non-hydrogen) atoms. The average molecular weight is 228 g/mol. The van der Waals surface area contributed by atoms with Crippen molar-refractivity contribution < 1.29 is 0 Å². The minimum atomic E-state index is 0.860. The lowest BCUT2D eigenvalue weighted by Gasteiger charge is -2.36. The molecule has 1 aromatic rings. The van der Waals surface area contributed by atoms with Gasteiger partial charge in [-0.25, -0.2) is 0 Å². The first kappa shape index (κ1) is 9.95. The van der Waals surface area contributed by atoms with Gasteiger partial charge >= 0.3 is 0 Å². The first-order chi connectivity index (χ1) is 8.43. The van der Waals surface area contributed by atoms with E-state index < -0.39 is 0 Å². The van der Waals surface area contributed by atoms with Crippen LogP contribution in [0.3, 0.4) is 0 Å². The maximum absolute atomic E-state index is 3.54. The lowest BCUT2D eigenvalue weighted by Crippen LogP contribution is -2.34. The van der Waals surface area contributed by atoms with E-state index in [-0.39, 0.29) is 0 Å². The Labute approximate surface area is 103 Å². The van der Waals surface area contributed by atoms with Crippen molar-refractivity contribution in [2.24, 2.45) is 5.92 Å². The van der Waals surface area contributed by atoms with E-state index in [1.165, 1.54) is 37.9 Å². The van der Waals surface area contributed by atoms with Crippen molar-refractivity contribution in [1.82, 2.24) is 5.32 Å². The molecule has 2 nitrogen and oxygen atoms in total. The molecule has 1 saturated carbocycles. The molecule has 2 aliphatic heterocycles. The normalized spacial score (nSPS) is 27.5. The topological polar surface area (TPSA) is 15.3 Å². The third-order valence-corrected chi connectivity index (χ3v) is 4.64. The highest BCUT2D eigenvalue weighted by Gasteiger charge is 2.37. The van der Waals surface area contributed by atoms with E-state index >= 15 is 0 Å². The lowest BCUT2D eigenvalue weighted by molar-refractivity contribution is 0.524. The van der Waals surface area contributed by atoms with Crippen LogP contribution in [0.25, 0.3) is 0 Å². The maximum Gasteiger partial charge on any atom is 0.0447 e. The second-order valence-corrected chi connectivity index (χ2v) is 5.75. The van der Waals surface area contributed by atoms with Crippen molar-refractivity contribution >= 4 is 5.69 Å². The summed E-state index contributed by atoms with van der Waals surface area (Å²) < 4.78 is 0. The summed E-state index contributed by atoms with van der Waals surface area (Å²) in [5.74, 6) is 1.86. The minimum absolute atomic E-state index is 0.860. The monoisotopic (exact) mass is 228 g/mol. The van der Waals surface area contributed by atoms with E-state index in [0.717, 1.165) is 24.9 Å². The third-order valence-electron chi connectivity index (χ3n) is 4.64. The number of para-hydroxylation sites is 1. The molecule has 90 valence electrons. The molecular formula is C15H20N2. The number of nitrogens with zero attached hydrogens (tertiary/aromatic N) is 1. The van der Waals surface area contributed by atoms with E-state index in [2.05, 4.69) is 28.4 Å². The third kappa shape index (κ3) is 1.58. The van der Waals surface area contributed by atoms with Gasteiger partial charge in [-0.15, -0.1) is 0 Å². The average Bonchev–Trinajstić information content (AvgIpc) is 3.18. The molecule has 0 aromatic heterocycles. The molecule has 2 heteroatoms. The number of hydrogen-bond acceptors (Lipinski definition) is 2. The Kier molecular flexibility index (Phi) is 2.19. The summed E-state index contributed by atoms with van der Waals surface area (Å²) >= 11 is 0. The van der Waals surface area contributed by atoms with E-state index in [1.807, 2.05) is 0 Å². The number of rotatable bonds is 1. The van der Waals surface area contributed by atoms with Crippen LogP contribution in [-0.4, -0.2) is 19.6 Å². The van der Waals surface area contributed by atoms with Gasteiger partial charge in [0.1, 0.15) is 0 Å². The molecule has 2 heterocycles. The molecule has 0 saturated heterocycles. The van der Waals surface area contributed by atoms with Crippen LogP contribution in [0.5, 0.6) is 0 Å². The second-order valence-electron chi connectivity index (χ2n) is 5.75. The van der Waals surface area contributed by atoms with Crippen molar-refractivity contribution in [1.29, 1.82) is 0 Å². The van der Waals surface area contributed by atoms with Gasteiger partial charge in [-0.3, -0.25) is 0 Å². The first-order valence-electron chi connectivity index (χ1n) is 7.01. The number of benzene rings is 1. The van der Waals surface area contributed by atoms with Gasteiger partial charge in [0.25, 0.3) is 0 Å². The van der Waals surface area contributed by atoms with Crippen molar-refractivity contribution in [3.8, 4) is 0 Å². The standard InChI is InChI=1S/C15H20N2/c1-2-12-10-16-7-9-17-8-6-13(11-4-5-11)14(3-1)15(12)17/h1-3,11,13,16H,4-10H2. The Morgan fingerprint density at radius 1 is 1.12 bits per heavy atom. The fourth-order valence-corrected chi connectivity index (χ4v) is 3.65. The van der Waals surface area contributed by atoms with Crippen LogP contribution in [0.2, 0.25) is 0 Å². The van der Waals surface area contributed by atoms with Gasteiger partial charge < -0.3 is 10.2 Å². The Hall–Kier alpha value is -1.02. The van der Waals surface area contributed by atoms with Crippen LogP contribution in [0.1, 0.15) is 36.3 Å². The zero-order chi connectivity index (χ0) is 11.2. The van der Waals surface area contributed by atoms with Gasteiger partial charge in [0, 0.05) is 31.9 Å². The summed E-state index contributed by atoms with van der Waals surface area (Å²) in [6.07, 6.45) is 4.31. The summed E-state index contributed by atoms with van der Waals surface area (Å²) in [4.78, 5) is 2.61. The molecule has 1 aromatic carbocycles. The predicted octanol–water partition coefficient (Wildman–Crippen LogP) is 2.49. The summed E-state index contributed by atoms with van der Waals surface area (Å²) in [6.45, 7) is 4.63. The molecule has 1 unspecified atom stereocenters. The largest absolute Gasteiger partial charge is 0.370 e. The van der Waals surface area contributed by atoms with Gasteiger partial charge in [0.05, 0.1) is 0 Å². The SMILES string of the molecule is c1cc2c3c(c1)C(C1CC1)CCN3CCNC2. The molecular weight excluding hydrogens is 208 g/mol. The smallest absolute Gasteiger partial charge is 0.0447 e. The fourth-order valence-electron chi connectivity index (χ4n) is 3.65. The van der Waals surface area contributed by atoms with Gasteiger partial charge in [-0.1, -0.05) is 18.2 Å². The van der Waals surface area contributed by atoms with Gasteiger partial charge in [0.2, 0.25) is 0 Å².